The summed E-state index contributed by atoms with van der Waals surface area (Å²) in [7, 11) is 0. The molecule has 0 spiro atoms. The highest BCUT2D eigenvalue weighted by Gasteiger charge is 2.24. The van der Waals surface area contributed by atoms with E-state index in [1.807, 2.05) is 0 Å². The lowest BCUT2D eigenvalue weighted by Crippen LogP contribution is -2.17. The van der Waals surface area contributed by atoms with E-state index in [0.717, 1.165) is 0 Å². The normalized spacial score (nSPS) is 14.3. The van der Waals surface area contributed by atoms with Gasteiger partial charge < -0.3 is 10.2 Å². The average molecular weight is 372 g/mol. The molecule has 21 heavy (non-hydrogen) atoms. The van der Waals surface area contributed by atoms with Crippen LogP contribution in [0.4, 0.5) is 4.39 Å². The lowest BCUT2D eigenvalue weighted by Gasteiger charge is -2.21. The van der Waals surface area contributed by atoms with Gasteiger partial charge in [0.25, 0.3) is 0 Å². The summed E-state index contributed by atoms with van der Waals surface area (Å²) in [6, 6.07) is 9.25. The molecule has 2 N–H and O–H groups in total. The van der Waals surface area contributed by atoms with Gasteiger partial charge >= 0.3 is 0 Å². The maximum atomic E-state index is 13.7. The summed E-state index contributed by atoms with van der Waals surface area (Å²) in [6.45, 7) is 1.51. The van der Waals surface area contributed by atoms with Crippen LogP contribution >= 0.6 is 27.5 Å². The monoisotopic (exact) mass is 370 g/mol. The fraction of sp³-hybridized carbons (Fsp3) is 0.125. The molecule has 1 atom stereocenters. The number of aliphatic hydroxyl groups is 1. The molecule has 2 aromatic carbocycles. The summed E-state index contributed by atoms with van der Waals surface area (Å²) in [5, 5.41) is 20.8. The minimum atomic E-state index is -1.44. The second-order valence-electron chi connectivity index (χ2n) is 4.78. The van der Waals surface area contributed by atoms with Crippen LogP contribution in [0.15, 0.2) is 46.9 Å². The Hall–Kier alpha value is -1.36. The second kappa shape index (κ2) is 6.18. The van der Waals surface area contributed by atoms with Gasteiger partial charge in [-0.15, -0.1) is 0 Å². The van der Waals surface area contributed by atoms with E-state index < -0.39 is 11.4 Å². The van der Waals surface area contributed by atoms with E-state index >= 15 is 0 Å². The van der Waals surface area contributed by atoms with Crippen LogP contribution in [0.5, 0.6) is 5.75 Å². The first-order chi connectivity index (χ1) is 9.81. The van der Waals surface area contributed by atoms with Gasteiger partial charge in [-0.3, -0.25) is 0 Å². The Morgan fingerprint density at radius 1 is 1.29 bits per heavy atom. The average Bonchev–Trinajstić information content (AvgIpc) is 2.40. The Morgan fingerprint density at radius 3 is 2.67 bits per heavy atom. The van der Waals surface area contributed by atoms with Crippen molar-refractivity contribution in [2.45, 2.75) is 12.5 Å². The summed E-state index contributed by atoms with van der Waals surface area (Å²) < 4.78 is 14.2. The predicted octanol–water partition coefficient (Wildman–Crippen LogP) is 4.87. The molecule has 0 radical (unpaired) electrons. The van der Waals surface area contributed by atoms with Gasteiger partial charge in [-0.05, 0) is 47.1 Å². The van der Waals surface area contributed by atoms with Crippen molar-refractivity contribution in [1.82, 2.24) is 0 Å². The molecule has 0 aliphatic rings. The number of halogens is 3. The third-order valence-corrected chi connectivity index (χ3v) is 3.96. The van der Waals surface area contributed by atoms with Crippen molar-refractivity contribution in [1.29, 1.82) is 0 Å². The van der Waals surface area contributed by atoms with Gasteiger partial charge in [0.2, 0.25) is 0 Å². The Balaban J connectivity index is 2.36. The molecular weight excluding hydrogens is 359 g/mol. The Kier molecular flexibility index (Phi) is 4.71. The summed E-state index contributed by atoms with van der Waals surface area (Å²) in [6.07, 6.45) is 2.87. The van der Waals surface area contributed by atoms with Gasteiger partial charge in [-0.25, -0.2) is 4.39 Å². The van der Waals surface area contributed by atoms with E-state index in [0.29, 0.717) is 20.6 Å². The first-order valence-electron chi connectivity index (χ1n) is 6.16. The predicted molar refractivity (Wildman–Crippen MR) is 85.8 cm³/mol. The number of rotatable bonds is 3. The topological polar surface area (TPSA) is 40.5 Å². The van der Waals surface area contributed by atoms with Crippen molar-refractivity contribution in [3.05, 3.63) is 68.9 Å². The van der Waals surface area contributed by atoms with Crippen LogP contribution in [0, 0.1) is 5.82 Å². The van der Waals surface area contributed by atoms with E-state index in [1.54, 1.807) is 24.3 Å². The smallest absolute Gasteiger partial charge is 0.136 e. The number of aromatic hydroxyl groups is 1. The number of para-hydroxylation sites is 1. The van der Waals surface area contributed by atoms with Crippen LogP contribution in [0.1, 0.15) is 18.1 Å². The largest absolute Gasteiger partial charge is 0.506 e. The summed E-state index contributed by atoms with van der Waals surface area (Å²) in [5.41, 5.74) is -0.823. The zero-order valence-corrected chi connectivity index (χ0v) is 13.5. The van der Waals surface area contributed by atoms with E-state index in [2.05, 4.69) is 15.9 Å². The number of benzene rings is 2. The van der Waals surface area contributed by atoms with E-state index in [1.165, 1.54) is 31.2 Å². The number of phenolic OH excluding ortho intramolecular Hbond substituents is 1. The summed E-state index contributed by atoms with van der Waals surface area (Å²) in [4.78, 5) is 0. The minimum absolute atomic E-state index is 0.0521. The van der Waals surface area contributed by atoms with Gasteiger partial charge in [0, 0.05) is 16.1 Å². The maximum Gasteiger partial charge on any atom is 0.136 e. The molecule has 0 amide bonds. The number of hydrogen-bond acceptors (Lipinski definition) is 2. The van der Waals surface area contributed by atoms with Gasteiger partial charge in [0.05, 0.1) is 4.47 Å². The van der Waals surface area contributed by atoms with E-state index in [4.69, 9.17) is 11.6 Å². The van der Waals surface area contributed by atoms with E-state index in [-0.39, 0.29) is 5.75 Å². The highest BCUT2D eigenvalue weighted by Crippen LogP contribution is 2.36. The first kappa shape index (κ1) is 16.0. The highest BCUT2D eigenvalue weighted by atomic mass is 79.9. The van der Waals surface area contributed by atoms with E-state index in [9.17, 15) is 14.6 Å². The fourth-order valence-electron chi connectivity index (χ4n) is 1.90. The Labute approximate surface area is 135 Å². The number of phenols is 1. The zero-order valence-electron chi connectivity index (χ0n) is 11.1. The second-order valence-corrected chi connectivity index (χ2v) is 6.07. The lowest BCUT2D eigenvalue weighted by molar-refractivity contribution is 0.109. The van der Waals surface area contributed by atoms with Crippen LogP contribution in [0.3, 0.4) is 0 Å². The molecule has 0 bridgehead atoms. The van der Waals surface area contributed by atoms with Crippen molar-refractivity contribution < 1.29 is 14.6 Å². The van der Waals surface area contributed by atoms with Gasteiger partial charge in [0.1, 0.15) is 17.2 Å². The summed E-state index contributed by atoms with van der Waals surface area (Å²) >= 11 is 8.88. The van der Waals surface area contributed by atoms with Crippen LogP contribution in [0.2, 0.25) is 5.02 Å². The minimum Gasteiger partial charge on any atom is -0.506 e. The lowest BCUT2D eigenvalue weighted by atomic mass is 9.94. The molecule has 0 heterocycles. The van der Waals surface area contributed by atoms with Crippen molar-refractivity contribution in [2.24, 2.45) is 0 Å². The summed E-state index contributed by atoms with van der Waals surface area (Å²) in [5.74, 6) is -0.531. The zero-order chi connectivity index (χ0) is 15.6. The number of hydrogen-bond donors (Lipinski definition) is 2. The van der Waals surface area contributed by atoms with Crippen LogP contribution in [0.25, 0.3) is 6.08 Å². The van der Waals surface area contributed by atoms with Crippen LogP contribution < -0.4 is 0 Å². The molecule has 0 aromatic heterocycles. The molecule has 1 unspecified atom stereocenters. The van der Waals surface area contributed by atoms with Crippen LogP contribution in [-0.4, -0.2) is 10.2 Å². The van der Waals surface area contributed by atoms with Crippen molar-refractivity contribution in [3.8, 4) is 5.75 Å². The van der Waals surface area contributed by atoms with Crippen molar-refractivity contribution in [2.75, 3.05) is 0 Å². The van der Waals surface area contributed by atoms with Crippen molar-refractivity contribution in [3.63, 3.8) is 0 Å². The quantitative estimate of drug-likeness (QED) is 0.808. The molecule has 0 aliphatic heterocycles. The fourth-order valence-corrected chi connectivity index (χ4v) is 2.43. The Morgan fingerprint density at radius 2 is 2.00 bits per heavy atom. The molecule has 2 aromatic rings. The third-order valence-electron chi connectivity index (χ3n) is 3.08. The Bertz CT molecular complexity index is 699. The van der Waals surface area contributed by atoms with Gasteiger partial charge in [-0.2, -0.15) is 0 Å². The molecular formula is C16H13BrClFO2. The molecule has 0 saturated heterocycles. The molecule has 0 aliphatic carbocycles. The van der Waals surface area contributed by atoms with Crippen LogP contribution in [-0.2, 0) is 5.60 Å². The SMILES string of the molecule is CC(O)(C=Cc1ccc(Cl)cc1F)c1cccc(Br)c1O. The molecule has 0 fully saturated rings. The third kappa shape index (κ3) is 3.64. The van der Waals surface area contributed by atoms with Gasteiger partial charge in [-0.1, -0.05) is 35.9 Å². The molecule has 0 saturated carbocycles. The highest BCUT2D eigenvalue weighted by molar-refractivity contribution is 9.10. The maximum absolute atomic E-state index is 13.7. The molecule has 2 rings (SSSR count). The molecule has 5 heteroatoms. The standard InChI is InChI=1S/C16H13BrClFO2/c1-16(21,12-3-2-4-13(17)15(12)20)8-7-10-5-6-11(18)9-14(10)19/h2-9,20-21H,1H3. The van der Waals surface area contributed by atoms with Crippen molar-refractivity contribution >= 4 is 33.6 Å². The molecule has 2 nitrogen and oxygen atoms in total. The molecule has 110 valence electrons. The van der Waals surface area contributed by atoms with Gasteiger partial charge in [0.15, 0.2) is 0 Å². The first-order valence-corrected chi connectivity index (χ1v) is 7.33.